The van der Waals surface area contributed by atoms with Crippen molar-refractivity contribution in [3.05, 3.63) is 0 Å². The van der Waals surface area contributed by atoms with Crippen LogP contribution in [0.1, 0.15) is 41.0 Å². The summed E-state index contributed by atoms with van der Waals surface area (Å²) >= 11 is 0. The molecule has 0 amide bonds. The molecule has 1 N–H and O–H groups in total. The van der Waals surface area contributed by atoms with Gasteiger partial charge in [-0.3, -0.25) is 0 Å². The van der Waals surface area contributed by atoms with E-state index in [1.807, 2.05) is 13.8 Å². The minimum atomic E-state index is 0.298. The Bertz CT molecular complexity index is 133. The minimum absolute atomic E-state index is 0.298. The third kappa shape index (κ3) is 12.0. The van der Waals surface area contributed by atoms with Crippen molar-refractivity contribution in [2.75, 3.05) is 26.3 Å². The molecule has 0 saturated heterocycles. The third-order valence-corrected chi connectivity index (χ3v) is 2.22. The smallest absolute Gasteiger partial charge is 0.0704 e. The fraction of sp³-hybridized carbons (Fsp3) is 1.00. The molecule has 0 rings (SSSR count). The van der Waals surface area contributed by atoms with Crippen molar-refractivity contribution in [2.24, 2.45) is 5.92 Å². The van der Waals surface area contributed by atoms with E-state index in [4.69, 9.17) is 9.47 Å². The van der Waals surface area contributed by atoms with Crippen molar-refractivity contribution in [3.8, 4) is 0 Å². The normalized spacial score (nSPS) is 13.7. The second kappa shape index (κ2) is 10.1. The first-order chi connectivity index (χ1) is 7.52. The summed E-state index contributed by atoms with van der Waals surface area (Å²) in [5, 5.41) is 3.41. The summed E-state index contributed by atoms with van der Waals surface area (Å²) in [6, 6.07) is 0. The van der Waals surface area contributed by atoms with Gasteiger partial charge >= 0.3 is 0 Å². The van der Waals surface area contributed by atoms with Crippen LogP contribution in [0.3, 0.4) is 0 Å². The van der Waals surface area contributed by atoms with E-state index in [9.17, 15) is 0 Å². The molecule has 16 heavy (non-hydrogen) atoms. The molecule has 0 aromatic carbocycles. The highest BCUT2D eigenvalue weighted by atomic mass is 16.5. The van der Waals surface area contributed by atoms with Crippen molar-refractivity contribution in [1.82, 2.24) is 5.32 Å². The quantitative estimate of drug-likeness (QED) is 0.586. The van der Waals surface area contributed by atoms with Crippen LogP contribution in [0, 0.1) is 5.92 Å². The highest BCUT2D eigenvalue weighted by Gasteiger charge is 2.02. The first-order valence-corrected chi connectivity index (χ1v) is 6.46. The van der Waals surface area contributed by atoms with Gasteiger partial charge in [-0.05, 0) is 46.2 Å². The zero-order valence-corrected chi connectivity index (χ0v) is 11.6. The number of nitrogens with one attached hydrogen (secondary N) is 1. The number of ether oxygens (including phenoxy) is 2. The molecule has 0 aliphatic rings. The number of rotatable bonds is 10. The highest BCUT2D eigenvalue weighted by Crippen LogP contribution is 1.97. The van der Waals surface area contributed by atoms with Crippen LogP contribution in [-0.2, 0) is 9.47 Å². The first-order valence-electron chi connectivity index (χ1n) is 6.46. The van der Waals surface area contributed by atoms with Crippen molar-refractivity contribution in [2.45, 2.75) is 53.2 Å². The fourth-order valence-electron chi connectivity index (χ4n) is 1.31. The molecular formula is C13H29NO2. The molecule has 0 saturated carbocycles. The maximum absolute atomic E-state index is 5.63. The van der Waals surface area contributed by atoms with Gasteiger partial charge in [-0.2, -0.15) is 0 Å². The summed E-state index contributed by atoms with van der Waals surface area (Å²) in [7, 11) is 0. The molecule has 3 heteroatoms. The van der Waals surface area contributed by atoms with Gasteiger partial charge in [0.1, 0.15) is 0 Å². The molecule has 0 fully saturated rings. The molecule has 98 valence electrons. The molecule has 0 spiro atoms. The van der Waals surface area contributed by atoms with Gasteiger partial charge < -0.3 is 14.8 Å². The summed E-state index contributed by atoms with van der Waals surface area (Å²) in [6.45, 7) is 14.1. The SMILES string of the molecule is CC(C)CNCCC(C)OCCOC(C)C. The molecule has 0 aromatic rings. The van der Waals surface area contributed by atoms with E-state index in [1.165, 1.54) is 0 Å². The van der Waals surface area contributed by atoms with Gasteiger partial charge in [0.15, 0.2) is 0 Å². The van der Waals surface area contributed by atoms with Crippen molar-refractivity contribution < 1.29 is 9.47 Å². The summed E-state index contributed by atoms with van der Waals surface area (Å²) in [5.41, 5.74) is 0. The van der Waals surface area contributed by atoms with E-state index in [0.29, 0.717) is 25.4 Å². The lowest BCUT2D eigenvalue weighted by atomic mass is 10.2. The maximum atomic E-state index is 5.63. The molecular weight excluding hydrogens is 202 g/mol. The number of hydrogen-bond donors (Lipinski definition) is 1. The molecule has 0 aromatic heterocycles. The lowest BCUT2D eigenvalue weighted by Gasteiger charge is -2.15. The van der Waals surface area contributed by atoms with Crippen LogP contribution >= 0.6 is 0 Å². The van der Waals surface area contributed by atoms with Gasteiger partial charge in [-0.25, -0.2) is 0 Å². The van der Waals surface area contributed by atoms with Crippen molar-refractivity contribution in [1.29, 1.82) is 0 Å². The topological polar surface area (TPSA) is 30.5 Å². The molecule has 0 bridgehead atoms. The van der Waals surface area contributed by atoms with Gasteiger partial charge in [0.05, 0.1) is 25.4 Å². The second-order valence-electron chi connectivity index (χ2n) is 4.99. The lowest BCUT2D eigenvalue weighted by Crippen LogP contribution is -2.25. The van der Waals surface area contributed by atoms with Gasteiger partial charge in [0.2, 0.25) is 0 Å². The van der Waals surface area contributed by atoms with E-state index < -0.39 is 0 Å². The predicted molar refractivity (Wildman–Crippen MR) is 68.8 cm³/mol. The Labute approximate surface area is 101 Å². The van der Waals surface area contributed by atoms with Crippen LogP contribution < -0.4 is 5.32 Å². The molecule has 0 aliphatic heterocycles. The summed E-state index contributed by atoms with van der Waals surface area (Å²) < 4.78 is 11.0. The summed E-state index contributed by atoms with van der Waals surface area (Å²) in [6.07, 6.45) is 1.68. The Morgan fingerprint density at radius 1 is 0.938 bits per heavy atom. The van der Waals surface area contributed by atoms with Crippen LogP contribution in [0.25, 0.3) is 0 Å². The first kappa shape index (κ1) is 15.9. The van der Waals surface area contributed by atoms with Gasteiger partial charge in [-0.1, -0.05) is 13.8 Å². The van der Waals surface area contributed by atoms with E-state index >= 15 is 0 Å². The summed E-state index contributed by atoms with van der Waals surface area (Å²) in [4.78, 5) is 0. The Morgan fingerprint density at radius 2 is 1.56 bits per heavy atom. The average molecular weight is 231 g/mol. The Hall–Kier alpha value is -0.120. The largest absolute Gasteiger partial charge is 0.376 e. The van der Waals surface area contributed by atoms with E-state index in [2.05, 4.69) is 26.1 Å². The minimum Gasteiger partial charge on any atom is -0.376 e. The van der Waals surface area contributed by atoms with Crippen LogP contribution in [0.4, 0.5) is 0 Å². The molecule has 1 atom stereocenters. The van der Waals surface area contributed by atoms with Gasteiger partial charge in [0, 0.05) is 0 Å². The molecule has 0 heterocycles. The number of hydrogen-bond acceptors (Lipinski definition) is 3. The van der Waals surface area contributed by atoms with Crippen molar-refractivity contribution >= 4 is 0 Å². The average Bonchev–Trinajstić information content (AvgIpc) is 2.19. The zero-order chi connectivity index (χ0) is 12.4. The molecule has 1 unspecified atom stereocenters. The monoisotopic (exact) mass is 231 g/mol. The molecule has 0 radical (unpaired) electrons. The molecule has 0 aliphatic carbocycles. The maximum Gasteiger partial charge on any atom is 0.0704 e. The Balaban J connectivity index is 3.21. The Morgan fingerprint density at radius 3 is 2.12 bits per heavy atom. The second-order valence-corrected chi connectivity index (χ2v) is 4.99. The van der Waals surface area contributed by atoms with E-state index in [-0.39, 0.29) is 0 Å². The van der Waals surface area contributed by atoms with Crippen LogP contribution in [-0.4, -0.2) is 38.5 Å². The predicted octanol–water partition coefficient (Wildman–Crippen LogP) is 2.45. The fourth-order valence-corrected chi connectivity index (χ4v) is 1.31. The Kier molecular flexibility index (Phi) is 9.99. The zero-order valence-electron chi connectivity index (χ0n) is 11.6. The van der Waals surface area contributed by atoms with Crippen LogP contribution in [0.5, 0.6) is 0 Å². The van der Waals surface area contributed by atoms with Crippen molar-refractivity contribution in [3.63, 3.8) is 0 Å². The van der Waals surface area contributed by atoms with Crippen LogP contribution in [0.2, 0.25) is 0 Å². The third-order valence-electron chi connectivity index (χ3n) is 2.22. The van der Waals surface area contributed by atoms with Gasteiger partial charge in [-0.15, -0.1) is 0 Å². The van der Waals surface area contributed by atoms with Crippen LogP contribution in [0.15, 0.2) is 0 Å². The van der Waals surface area contributed by atoms with E-state index in [1.54, 1.807) is 0 Å². The van der Waals surface area contributed by atoms with Gasteiger partial charge in [0.25, 0.3) is 0 Å². The van der Waals surface area contributed by atoms with E-state index in [0.717, 1.165) is 25.4 Å². The molecule has 3 nitrogen and oxygen atoms in total. The summed E-state index contributed by atoms with van der Waals surface area (Å²) in [5.74, 6) is 0.718. The highest BCUT2D eigenvalue weighted by molar-refractivity contribution is 4.56. The standard InChI is InChI=1S/C13H29NO2/c1-11(2)10-14-7-6-13(5)16-9-8-15-12(3)4/h11-14H,6-10H2,1-5H3. The lowest BCUT2D eigenvalue weighted by molar-refractivity contribution is -0.00871.